The minimum atomic E-state index is -0.267. The topological polar surface area (TPSA) is 0 Å². The van der Waals surface area contributed by atoms with Gasteiger partial charge in [0.25, 0.3) is 0 Å². The third-order valence-electron chi connectivity index (χ3n) is 2.44. The molecule has 1 rings (SSSR count). The molecule has 0 aliphatic heterocycles. The number of benzene rings is 1. The summed E-state index contributed by atoms with van der Waals surface area (Å²) in [5.74, 6) is 0. The van der Waals surface area contributed by atoms with Crippen molar-refractivity contribution in [1.29, 1.82) is 0 Å². The molecule has 1 heteroatoms. The lowest BCUT2D eigenvalue weighted by molar-refractivity contribution is 0.589. The van der Waals surface area contributed by atoms with E-state index in [0.29, 0.717) is 0 Å². The van der Waals surface area contributed by atoms with Gasteiger partial charge < -0.3 is 0 Å². The zero-order valence-electron chi connectivity index (χ0n) is 9.69. The van der Waals surface area contributed by atoms with Gasteiger partial charge in [-0.15, -0.1) is 11.6 Å². The Hall–Kier alpha value is -0.490. The molecule has 0 fully saturated rings. The summed E-state index contributed by atoms with van der Waals surface area (Å²) >= 11 is 6.23. The Morgan fingerprint density at radius 3 is 1.43 bits per heavy atom. The van der Waals surface area contributed by atoms with E-state index >= 15 is 0 Å². The van der Waals surface area contributed by atoms with E-state index in [1.54, 1.807) is 0 Å². The second-order valence-corrected chi connectivity index (χ2v) is 6.24. The van der Waals surface area contributed by atoms with E-state index in [2.05, 4.69) is 45.0 Å². The average Bonchev–Trinajstić information content (AvgIpc) is 2.01. The van der Waals surface area contributed by atoms with Crippen LogP contribution in [0.25, 0.3) is 0 Å². The van der Waals surface area contributed by atoms with Crippen LogP contribution in [0, 0.1) is 0 Å². The van der Waals surface area contributed by atoms with E-state index in [4.69, 9.17) is 11.6 Å². The largest absolute Gasteiger partial charge is 0.115 e. The molecule has 1 aromatic carbocycles. The fourth-order valence-electron chi connectivity index (χ4n) is 1.37. The van der Waals surface area contributed by atoms with Crippen LogP contribution in [0.4, 0.5) is 0 Å². The van der Waals surface area contributed by atoms with E-state index in [9.17, 15) is 0 Å². The predicted octanol–water partition coefficient (Wildman–Crippen LogP) is 4.46. The van der Waals surface area contributed by atoms with Crippen LogP contribution in [0.1, 0.15) is 45.7 Å². The summed E-state index contributed by atoms with van der Waals surface area (Å²) in [6.07, 6.45) is 0. The Balaban J connectivity index is 3.02. The zero-order valence-corrected chi connectivity index (χ0v) is 10.4. The van der Waals surface area contributed by atoms with Gasteiger partial charge in [0.1, 0.15) is 0 Å². The van der Waals surface area contributed by atoms with E-state index in [1.807, 2.05) is 13.8 Å². The molecule has 0 atom stereocenters. The minimum absolute atomic E-state index is 0.217. The molecule has 0 saturated carbocycles. The third kappa shape index (κ3) is 2.75. The van der Waals surface area contributed by atoms with Gasteiger partial charge in [-0.3, -0.25) is 0 Å². The summed E-state index contributed by atoms with van der Waals surface area (Å²) in [4.78, 5) is -0.267. The second-order valence-electron chi connectivity index (χ2n) is 5.30. The van der Waals surface area contributed by atoms with Gasteiger partial charge in [-0.05, 0) is 30.4 Å². The lowest BCUT2D eigenvalue weighted by atomic mass is 9.86. The van der Waals surface area contributed by atoms with Gasteiger partial charge in [-0.1, -0.05) is 45.0 Å². The minimum Gasteiger partial charge on any atom is -0.115 e. The molecule has 0 nitrogen and oxygen atoms in total. The van der Waals surface area contributed by atoms with Crippen molar-refractivity contribution in [2.24, 2.45) is 0 Å². The van der Waals surface area contributed by atoms with Crippen LogP contribution >= 0.6 is 11.6 Å². The van der Waals surface area contributed by atoms with Crippen molar-refractivity contribution in [1.82, 2.24) is 0 Å². The molecule has 0 N–H and O–H groups in total. The molecule has 0 spiro atoms. The summed E-state index contributed by atoms with van der Waals surface area (Å²) in [5, 5.41) is 0. The highest BCUT2D eigenvalue weighted by molar-refractivity contribution is 6.23. The number of halogens is 1. The van der Waals surface area contributed by atoms with Crippen LogP contribution in [0.15, 0.2) is 24.3 Å². The third-order valence-corrected chi connectivity index (χ3v) is 2.66. The first-order chi connectivity index (χ1) is 6.21. The van der Waals surface area contributed by atoms with Crippen molar-refractivity contribution in [2.75, 3.05) is 0 Å². The molecule has 0 saturated heterocycles. The number of rotatable bonds is 1. The molecule has 0 bridgehead atoms. The lowest BCUT2D eigenvalue weighted by Crippen LogP contribution is -2.12. The molecule has 0 unspecified atom stereocenters. The van der Waals surface area contributed by atoms with Crippen molar-refractivity contribution in [2.45, 2.75) is 44.9 Å². The molecule has 78 valence electrons. The number of hydrogen-bond donors (Lipinski definition) is 0. The summed E-state index contributed by atoms with van der Waals surface area (Å²) in [5.41, 5.74) is 2.74. The van der Waals surface area contributed by atoms with Gasteiger partial charge in [0.05, 0.1) is 4.87 Å². The maximum atomic E-state index is 6.23. The highest BCUT2D eigenvalue weighted by Gasteiger charge is 2.18. The van der Waals surface area contributed by atoms with Gasteiger partial charge in [0.15, 0.2) is 0 Å². The normalized spacial score (nSPS) is 13.0. The highest BCUT2D eigenvalue weighted by atomic mass is 35.5. The molecule has 0 radical (unpaired) electrons. The Kier molecular flexibility index (Phi) is 2.96. The fourth-order valence-corrected chi connectivity index (χ4v) is 1.49. The van der Waals surface area contributed by atoms with E-state index in [-0.39, 0.29) is 10.3 Å². The van der Waals surface area contributed by atoms with E-state index < -0.39 is 0 Å². The lowest BCUT2D eigenvalue weighted by Gasteiger charge is -2.21. The van der Waals surface area contributed by atoms with E-state index in [0.717, 1.165) is 0 Å². The second kappa shape index (κ2) is 3.58. The summed E-state index contributed by atoms with van der Waals surface area (Å²) in [7, 11) is 0. The number of hydrogen-bond acceptors (Lipinski definition) is 0. The Morgan fingerprint density at radius 2 is 1.14 bits per heavy atom. The van der Waals surface area contributed by atoms with Crippen LogP contribution in [-0.2, 0) is 10.3 Å². The van der Waals surface area contributed by atoms with Crippen molar-refractivity contribution in [3.05, 3.63) is 35.4 Å². The number of alkyl halides is 1. The Labute approximate surface area is 92.3 Å². The van der Waals surface area contributed by atoms with Crippen LogP contribution in [0.5, 0.6) is 0 Å². The van der Waals surface area contributed by atoms with Gasteiger partial charge in [-0.2, -0.15) is 0 Å². The molecule has 0 heterocycles. The molecule has 0 aliphatic carbocycles. The smallest absolute Gasteiger partial charge is 0.0638 e. The van der Waals surface area contributed by atoms with Gasteiger partial charge in [0, 0.05) is 0 Å². The van der Waals surface area contributed by atoms with Crippen molar-refractivity contribution in [3.63, 3.8) is 0 Å². The van der Waals surface area contributed by atoms with E-state index in [1.165, 1.54) is 11.1 Å². The maximum Gasteiger partial charge on any atom is 0.0638 e. The van der Waals surface area contributed by atoms with Gasteiger partial charge in [-0.25, -0.2) is 0 Å². The monoisotopic (exact) mass is 210 g/mol. The first kappa shape index (κ1) is 11.6. The predicted molar refractivity (Wildman–Crippen MR) is 64.0 cm³/mol. The summed E-state index contributed by atoms with van der Waals surface area (Å²) in [6.45, 7) is 10.7. The highest BCUT2D eigenvalue weighted by Crippen LogP contribution is 2.30. The maximum absolute atomic E-state index is 6.23. The Bertz CT molecular complexity index is 262. The zero-order chi connectivity index (χ0) is 11.0. The molecule has 1 aromatic rings. The van der Waals surface area contributed by atoms with Gasteiger partial charge >= 0.3 is 0 Å². The summed E-state index contributed by atoms with van der Waals surface area (Å²) in [6, 6.07) is 8.57. The molecular weight excluding hydrogens is 192 g/mol. The summed E-state index contributed by atoms with van der Waals surface area (Å²) < 4.78 is 0. The molecular formula is C13H19Cl. The molecule has 0 amide bonds. The average molecular weight is 211 g/mol. The van der Waals surface area contributed by atoms with Gasteiger partial charge in [0.2, 0.25) is 0 Å². The fraction of sp³-hybridized carbons (Fsp3) is 0.538. The van der Waals surface area contributed by atoms with Crippen LogP contribution in [0.3, 0.4) is 0 Å². The van der Waals surface area contributed by atoms with Crippen LogP contribution in [-0.4, -0.2) is 0 Å². The molecule has 0 aromatic heterocycles. The molecule has 14 heavy (non-hydrogen) atoms. The quantitative estimate of drug-likeness (QED) is 0.601. The first-order valence-corrected chi connectivity index (χ1v) is 5.39. The van der Waals surface area contributed by atoms with Crippen LogP contribution < -0.4 is 0 Å². The SMILES string of the molecule is CC(C)(C)c1ccc(C(C)(C)Cl)cc1. The van der Waals surface area contributed by atoms with Crippen molar-refractivity contribution >= 4 is 11.6 Å². The van der Waals surface area contributed by atoms with Crippen molar-refractivity contribution < 1.29 is 0 Å². The standard InChI is InChI=1S/C13H19Cl/c1-12(2,3)10-6-8-11(9-7-10)13(4,5)14/h6-9H,1-5H3. The van der Waals surface area contributed by atoms with Crippen LogP contribution in [0.2, 0.25) is 0 Å². The first-order valence-electron chi connectivity index (χ1n) is 5.01. The van der Waals surface area contributed by atoms with Crippen molar-refractivity contribution in [3.8, 4) is 0 Å². The molecule has 0 aliphatic rings. The Morgan fingerprint density at radius 1 is 0.786 bits per heavy atom.